The van der Waals surface area contributed by atoms with Crippen molar-refractivity contribution in [3.63, 3.8) is 0 Å². The molecule has 0 aliphatic heterocycles. The van der Waals surface area contributed by atoms with Crippen molar-refractivity contribution >= 4 is 16.8 Å². The van der Waals surface area contributed by atoms with Gasteiger partial charge in [0.25, 0.3) is 0 Å². The van der Waals surface area contributed by atoms with E-state index < -0.39 is 0 Å². The van der Waals surface area contributed by atoms with E-state index in [4.69, 9.17) is 0 Å². The number of aromatic hydroxyl groups is 1. The number of phenolic OH excluding ortho intramolecular Hbond substituents is 1. The van der Waals surface area contributed by atoms with Crippen LogP contribution in [-0.2, 0) is 18.3 Å². The lowest BCUT2D eigenvalue weighted by molar-refractivity contribution is -0.121. The summed E-state index contributed by atoms with van der Waals surface area (Å²) in [5.41, 5.74) is 2.27. The Hall–Kier alpha value is -1.97. The van der Waals surface area contributed by atoms with Crippen LogP contribution in [0.5, 0.6) is 5.75 Å². The van der Waals surface area contributed by atoms with E-state index in [2.05, 4.69) is 23.0 Å². The second-order valence-corrected chi connectivity index (χ2v) is 11.2. The predicted octanol–water partition coefficient (Wildman–Crippen LogP) is 9.36. The van der Waals surface area contributed by atoms with Gasteiger partial charge in [-0.2, -0.15) is 0 Å². The van der Waals surface area contributed by atoms with Gasteiger partial charge in [0.05, 0.1) is 0 Å². The van der Waals surface area contributed by atoms with E-state index in [0.717, 1.165) is 35.7 Å². The molecule has 1 amide bonds. The molecule has 1 heterocycles. The Balaban J connectivity index is 1.33. The van der Waals surface area contributed by atoms with Crippen LogP contribution in [0.1, 0.15) is 141 Å². The van der Waals surface area contributed by atoms with Crippen LogP contribution in [0.25, 0.3) is 10.9 Å². The Kier molecular flexibility index (Phi) is 16.9. The molecule has 1 aromatic heterocycles. The first kappa shape index (κ1) is 31.2. The number of rotatable bonds is 23. The molecule has 0 bridgehead atoms. The van der Waals surface area contributed by atoms with Gasteiger partial charge >= 0.3 is 0 Å². The number of fused-ring (bicyclic) bond motifs is 1. The second kappa shape index (κ2) is 20.1. The Morgan fingerprint density at radius 1 is 0.757 bits per heavy atom. The highest BCUT2D eigenvalue weighted by molar-refractivity contribution is 5.85. The summed E-state index contributed by atoms with van der Waals surface area (Å²) in [6.07, 6.45) is 29.5. The molecule has 1 aromatic carbocycles. The van der Waals surface area contributed by atoms with Crippen molar-refractivity contribution in [1.82, 2.24) is 9.88 Å². The van der Waals surface area contributed by atoms with Gasteiger partial charge < -0.3 is 15.0 Å². The first-order valence-corrected chi connectivity index (χ1v) is 15.7. The van der Waals surface area contributed by atoms with Gasteiger partial charge in [0.15, 0.2) is 0 Å². The first-order valence-electron chi connectivity index (χ1n) is 15.7. The van der Waals surface area contributed by atoms with E-state index in [1.165, 1.54) is 109 Å². The van der Waals surface area contributed by atoms with Crippen molar-refractivity contribution in [2.45, 2.75) is 142 Å². The highest BCUT2D eigenvalue weighted by atomic mass is 16.3. The maximum atomic E-state index is 12.2. The Bertz CT molecular complexity index is 857. The Labute approximate surface area is 227 Å². The quantitative estimate of drug-likeness (QED) is 0.146. The highest BCUT2D eigenvalue weighted by Crippen LogP contribution is 2.25. The molecular weight excluding hydrogens is 456 g/mol. The number of nitrogens with one attached hydrogen (secondary N) is 1. The zero-order chi connectivity index (χ0) is 26.6. The predicted molar refractivity (Wildman–Crippen MR) is 159 cm³/mol. The smallest absolute Gasteiger partial charge is 0.220 e. The van der Waals surface area contributed by atoms with E-state index in [9.17, 15) is 9.90 Å². The fourth-order valence-corrected chi connectivity index (χ4v) is 5.45. The average Bonchev–Trinajstić information content (AvgIpc) is 3.19. The Morgan fingerprint density at radius 3 is 1.76 bits per heavy atom. The SMILES string of the molecule is CCCCCCCCCCCCCCCCCCCCCC(=O)NCCc1cn(C)c2ccc(O)cc12. The normalized spacial score (nSPS) is 11.4. The summed E-state index contributed by atoms with van der Waals surface area (Å²) in [5.74, 6) is 0.448. The lowest BCUT2D eigenvalue weighted by atomic mass is 10.0. The van der Waals surface area contributed by atoms with Gasteiger partial charge in [-0.15, -0.1) is 0 Å². The Morgan fingerprint density at radius 2 is 1.24 bits per heavy atom. The molecule has 0 atom stereocenters. The van der Waals surface area contributed by atoms with Gasteiger partial charge in [-0.25, -0.2) is 0 Å². The number of carbonyl (C=O) groups is 1. The van der Waals surface area contributed by atoms with Crippen molar-refractivity contribution in [2.24, 2.45) is 7.05 Å². The summed E-state index contributed by atoms with van der Waals surface area (Å²) in [7, 11) is 2.01. The second-order valence-electron chi connectivity index (χ2n) is 11.2. The lowest BCUT2D eigenvalue weighted by Crippen LogP contribution is -2.25. The molecule has 37 heavy (non-hydrogen) atoms. The number of nitrogens with zero attached hydrogens (tertiary/aromatic N) is 1. The van der Waals surface area contributed by atoms with Crippen LogP contribution in [0, 0.1) is 0 Å². The van der Waals surface area contributed by atoms with E-state index >= 15 is 0 Å². The van der Waals surface area contributed by atoms with Crippen LogP contribution in [-0.4, -0.2) is 22.1 Å². The van der Waals surface area contributed by atoms with Crippen molar-refractivity contribution in [3.05, 3.63) is 30.0 Å². The minimum absolute atomic E-state index is 0.162. The van der Waals surface area contributed by atoms with Gasteiger partial charge in [-0.1, -0.05) is 122 Å². The van der Waals surface area contributed by atoms with Gasteiger partial charge in [-0.3, -0.25) is 4.79 Å². The maximum Gasteiger partial charge on any atom is 0.220 e. The third-order valence-electron chi connectivity index (χ3n) is 7.78. The minimum Gasteiger partial charge on any atom is -0.508 e. The van der Waals surface area contributed by atoms with E-state index in [0.29, 0.717) is 13.0 Å². The summed E-state index contributed by atoms with van der Waals surface area (Å²) in [6.45, 7) is 2.93. The molecule has 0 radical (unpaired) electrons. The average molecular weight is 513 g/mol. The molecule has 2 aromatic rings. The molecular formula is C33H56N2O2. The zero-order valence-corrected chi connectivity index (χ0v) is 24.2. The van der Waals surface area contributed by atoms with Gasteiger partial charge in [0.1, 0.15) is 5.75 Å². The summed E-state index contributed by atoms with van der Waals surface area (Å²) < 4.78 is 2.07. The molecule has 0 aliphatic rings. The van der Waals surface area contributed by atoms with Crippen molar-refractivity contribution in [3.8, 4) is 5.75 Å². The number of hydrogen-bond acceptors (Lipinski definition) is 2. The molecule has 4 nitrogen and oxygen atoms in total. The molecule has 2 N–H and O–H groups in total. The van der Waals surface area contributed by atoms with Crippen LogP contribution in [0.3, 0.4) is 0 Å². The third-order valence-corrected chi connectivity index (χ3v) is 7.78. The van der Waals surface area contributed by atoms with E-state index in [1.54, 1.807) is 6.07 Å². The number of phenols is 1. The molecule has 0 saturated heterocycles. The fourth-order valence-electron chi connectivity index (χ4n) is 5.45. The van der Waals surface area contributed by atoms with Crippen LogP contribution < -0.4 is 5.32 Å². The van der Waals surface area contributed by atoms with Crippen molar-refractivity contribution in [1.29, 1.82) is 0 Å². The molecule has 4 heteroatoms. The largest absolute Gasteiger partial charge is 0.508 e. The minimum atomic E-state index is 0.162. The van der Waals surface area contributed by atoms with Gasteiger partial charge in [-0.05, 0) is 36.6 Å². The summed E-state index contributed by atoms with van der Waals surface area (Å²) in [5, 5.41) is 13.9. The molecule has 210 valence electrons. The summed E-state index contributed by atoms with van der Waals surface area (Å²) in [6, 6.07) is 5.46. The zero-order valence-electron chi connectivity index (χ0n) is 24.2. The molecule has 0 fully saturated rings. The highest BCUT2D eigenvalue weighted by Gasteiger charge is 2.08. The molecule has 2 rings (SSSR count). The summed E-state index contributed by atoms with van der Waals surface area (Å²) in [4.78, 5) is 12.2. The van der Waals surface area contributed by atoms with Crippen LogP contribution in [0.4, 0.5) is 0 Å². The number of aromatic nitrogens is 1. The van der Waals surface area contributed by atoms with Crippen LogP contribution >= 0.6 is 0 Å². The standard InChI is InChI=1S/C33H56N2O2/c1-3-4-5-6-7-8-9-10-11-12-13-14-15-16-17-18-19-20-21-22-33(37)34-26-25-29-28-35(2)32-24-23-30(36)27-31(29)32/h23-24,27-28,36H,3-22,25-26H2,1-2H3,(H,34,37). The van der Waals surface area contributed by atoms with E-state index in [1.807, 2.05) is 19.2 Å². The molecule has 0 unspecified atom stereocenters. The topological polar surface area (TPSA) is 54.3 Å². The number of benzene rings is 1. The molecule has 0 spiro atoms. The molecule has 0 aliphatic carbocycles. The number of aryl methyl sites for hydroxylation is 1. The van der Waals surface area contributed by atoms with Gasteiger partial charge in [0, 0.05) is 37.1 Å². The van der Waals surface area contributed by atoms with E-state index in [-0.39, 0.29) is 11.7 Å². The number of amides is 1. The van der Waals surface area contributed by atoms with Crippen LogP contribution in [0.2, 0.25) is 0 Å². The number of hydrogen-bond donors (Lipinski definition) is 2. The monoisotopic (exact) mass is 512 g/mol. The third kappa shape index (κ3) is 13.9. The first-order chi connectivity index (χ1) is 18.1. The van der Waals surface area contributed by atoms with Crippen molar-refractivity contribution in [2.75, 3.05) is 6.54 Å². The number of carbonyl (C=O) groups excluding carboxylic acids is 1. The van der Waals surface area contributed by atoms with Gasteiger partial charge in [0.2, 0.25) is 5.91 Å². The number of unbranched alkanes of at least 4 members (excludes halogenated alkanes) is 18. The van der Waals surface area contributed by atoms with Crippen LogP contribution in [0.15, 0.2) is 24.4 Å². The maximum absolute atomic E-state index is 12.2. The fraction of sp³-hybridized carbons (Fsp3) is 0.727. The van der Waals surface area contributed by atoms with Crippen molar-refractivity contribution < 1.29 is 9.90 Å². The summed E-state index contributed by atoms with van der Waals surface area (Å²) >= 11 is 0. The molecule has 0 saturated carbocycles. The lowest BCUT2D eigenvalue weighted by Gasteiger charge is -2.06.